The number of carbonyl (C=O) groups excluding carboxylic acids is 2. The molecule has 0 aliphatic carbocycles. The summed E-state index contributed by atoms with van der Waals surface area (Å²) >= 11 is 7.29. The zero-order chi connectivity index (χ0) is 28.3. The molecule has 10 heteroatoms. The van der Waals surface area contributed by atoms with Crippen LogP contribution in [-0.2, 0) is 16.3 Å². The number of rotatable bonds is 9. The minimum Gasteiger partial charge on any atom is -0.443 e. The van der Waals surface area contributed by atoms with Crippen molar-refractivity contribution in [3.8, 4) is 11.1 Å². The fourth-order valence-electron chi connectivity index (χ4n) is 3.80. The van der Waals surface area contributed by atoms with Gasteiger partial charge in [0, 0.05) is 34.1 Å². The second kappa shape index (κ2) is 11.8. The average Bonchev–Trinajstić information content (AvgIpc) is 3.26. The van der Waals surface area contributed by atoms with Crippen molar-refractivity contribution in [1.29, 1.82) is 0 Å². The summed E-state index contributed by atoms with van der Waals surface area (Å²) in [6, 6.07) is 11.1. The summed E-state index contributed by atoms with van der Waals surface area (Å²) in [4.78, 5) is 30.6. The molecule has 2 aromatic carbocycles. The maximum Gasteiger partial charge on any atom is 0.312 e. The topological polar surface area (TPSA) is 73.2 Å². The number of hydrogen-bond acceptors (Lipinski definition) is 6. The molecule has 0 amide bonds. The zero-order valence-electron chi connectivity index (χ0n) is 22.0. The highest BCUT2D eigenvalue weighted by Crippen LogP contribution is 2.32. The van der Waals surface area contributed by atoms with E-state index in [9.17, 15) is 14.0 Å². The van der Waals surface area contributed by atoms with Crippen molar-refractivity contribution in [3.63, 3.8) is 0 Å². The normalized spacial score (nSPS) is 11.6. The Labute approximate surface area is 234 Å². The lowest BCUT2D eigenvalue weighted by Gasteiger charge is -2.17. The monoisotopic (exact) mass is 571 g/mol. The number of ketones is 1. The van der Waals surface area contributed by atoms with Crippen LogP contribution in [0.25, 0.3) is 22.2 Å². The molecule has 0 saturated carbocycles. The molecule has 2 aromatic heterocycles. The standard InChI is InChI=1S/C29H28ClF2N3O3S/c1-5-12-39-34-23-11-10-22(31)24(25(23)32)26(36)21-15-35(16-38-28(37)29(2,3)4)27-20(21)13-18(14-33-27)17-6-8-19(30)9-7-17/h6-11,13-15,34H,5,12,16H2,1-4H3. The van der Waals surface area contributed by atoms with E-state index >= 15 is 4.39 Å². The highest BCUT2D eigenvalue weighted by molar-refractivity contribution is 8.00. The Hall–Kier alpha value is -3.43. The van der Waals surface area contributed by atoms with Crippen LogP contribution in [0.3, 0.4) is 0 Å². The van der Waals surface area contributed by atoms with Crippen molar-refractivity contribution in [2.45, 2.75) is 40.8 Å². The molecule has 0 spiro atoms. The fraction of sp³-hybridized carbons (Fsp3) is 0.276. The van der Waals surface area contributed by atoms with E-state index in [2.05, 4.69) is 9.71 Å². The molecule has 0 bridgehead atoms. The molecule has 4 aromatic rings. The van der Waals surface area contributed by atoms with E-state index in [1.807, 2.05) is 6.92 Å². The number of halogens is 3. The largest absolute Gasteiger partial charge is 0.443 e. The van der Waals surface area contributed by atoms with Crippen LogP contribution in [0.5, 0.6) is 0 Å². The first-order valence-electron chi connectivity index (χ1n) is 12.3. The Balaban J connectivity index is 1.82. The van der Waals surface area contributed by atoms with Gasteiger partial charge in [0.1, 0.15) is 11.5 Å². The number of pyridine rings is 1. The van der Waals surface area contributed by atoms with Gasteiger partial charge in [-0.2, -0.15) is 0 Å². The molecule has 0 unspecified atom stereocenters. The average molecular weight is 572 g/mol. The molecule has 204 valence electrons. The number of anilines is 1. The van der Waals surface area contributed by atoms with Gasteiger partial charge in [-0.15, -0.1) is 0 Å². The molecule has 1 N–H and O–H groups in total. The third kappa shape index (κ3) is 6.25. The molecule has 39 heavy (non-hydrogen) atoms. The summed E-state index contributed by atoms with van der Waals surface area (Å²) < 4.78 is 40.1. The summed E-state index contributed by atoms with van der Waals surface area (Å²) in [6.07, 6.45) is 3.87. The molecule has 0 aliphatic heterocycles. The predicted molar refractivity (Wildman–Crippen MR) is 152 cm³/mol. The Morgan fingerprint density at radius 2 is 1.82 bits per heavy atom. The Kier molecular flexibility index (Phi) is 8.61. The third-order valence-electron chi connectivity index (χ3n) is 5.89. The maximum atomic E-state index is 15.4. The molecule has 0 atom stereocenters. The summed E-state index contributed by atoms with van der Waals surface area (Å²) in [6.45, 7) is 6.92. The highest BCUT2D eigenvalue weighted by Gasteiger charge is 2.27. The van der Waals surface area contributed by atoms with Gasteiger partial charge in [-0.3, -0.25) is 14.2 Å². The van der Waals surface area contributed by atoms with Gasteiger partial charge in [-0.1, -0.05) is 42.6 Å². The molecule has 0 fully saturated rings. The number of nitrogens with one attached hydrogen (secondary N) is 1. The first-order chi connectivity index (χ1) is 18.5. The van der Waals surface area contributed by atoms with Crippen molar-refractivity contribution in [2.75, 3.05) is 10.5 Å². The number of carbonyl (C=O) groups is 2. The van der Waals surface area contributed by atoms with Gasteiger partial charge in [0.15, 0.2) is 12.5 Å². The third-order valence-corrected chi connectivity index (χ3v) is 7.12. The number of benzene rings is 2. The molecule has 4 rings (SSSR count). The summed E-state index contributed by atoms with van der Waals surface area (Å²) in [5.74, 6) is -2.55. The van der Waals surface area contributed by atoms with E-state index in [0.717, 1.165) is 18.1 Å². The first-order valence-corrected chi connectivity index (χ1v) is 13.7. The van der Waals surface area contributed by atoms with Crippen LogP contribution in [0.15, 0.2) is 54.9 Å². The summed E-state index contributed by atoms with van der Waals surface area (Å²) in [5, 5.41) is 0.920. The molecule has 2 heterocycles. The quantitative estimate of drug-likeness (QED) is 0.0953. The van der Waals surface area contributed by atoms with Crippen molar-refractivity contribution in [1.82, 2.24) is 9.55 Å². The number of fused-ring (bicyclic) bond motifs is 1. The van der Waals surface area contributed by atoms with Gasteiger partial charge in [-0.25, -0.2) is 13.8 Å². The van der Waals surface area contributed by atoms with Gasteiger partial charge >= 0.3 is 5.97 Å². The Morgan fingerprint density at radius 1 is 1.10 bits per heavy atom. The number of ether oxygens (including phenoxy) is 1. The van der Waals surface area contributed by atoms with Gasteiger partial charge in [0.2, 0.25) is 5.78 Å². The van der Waals surface area contributed by atoms with Crippen molar-refractivity contribution < 1.29 is 23.1 Å². The van der Waals surface area contributed by atoms with Crippen molar-refractivity contribution in [2.24, 2.45) is 5.41 Å². The minimum atomic E-state index is -0.981. The van der Waals surface area contributed by atoms with E-state index in [1.165, 1.54) is 28.8 Å². The van der Waals surface area contributed by atoms with Crippen molar-refractivity contribution in [3.05, 3.63) is 82.6 Å². The fourth-order valence-corrected chi connectivity index (χ4v) is 4.55. The summed E-state index contributed by atoms with van der Waals surface area (Å²) in [7, 11) is 0. The second-order valence-corrected chi connectivity index (χ2v) is 11.3. The molecular formula is C29H28ClF2N3O3S. The second-order valence-electron chi connectivity index (χ2n) is 9.99. The van der Waals surface area contributed by atoms with Gasteiger partial charge in [0.25, 0.3) is 0 Å². The predicted octanol–water partition coefficient (Wildman–Crippen LogP) is 7.88. The van der Waals surface area contributed by atoms with Crippen LogP contribution in [0.4, 0.5) is 14.5 Å². The smallest absolute Gasteiger partial charge is 0.312 e. The van der Waals surface area contributed by atoms with Crippen LogP contribution < -0.4 is 4.72 Å². The van der Waals surface area contributed by atoms with Crippen LogP contribution in [0.2, 0.25) is 5.02 Å². The number of aromatic nitrogens is 2. The summed E-state index contributed by atoms with van der Waals surface area (Å²) in [5.41, 5.74) is 0.399. The zero-order valence-corrected chi connectivity index (χ0v) is 23.6. The molecule has 0 aliphatic rings. The van der Waals surface area contributed by atoms with Crippen molar-refractivity contribution >= 4 is 52.0 Å². The lowest BCUT2D eigenvalue weighted by atomic mass is 9.98. The van der Waals surface area contributed by atoms with Gasteiger partial charge in [0.05, 0.1) is 22.2 Å². The SMILES string of the molecule is CCCSNc1ccc(F)c(C(=O)c2cn(COC(=O)C(C)(C)C)c3ncc(-c4ccc(Cl)cc4)cc23)c1F. The van der Waals surface area contributed by atoms with E-state index < -0.39 is 34.4 Å². The van der Waals surface area contributed by atoms with Crippen LogP contribution >= 0.6 is 23.5 Å². The number of esters is 1. The lowest BCUT2D eigenvalue weighted by molar-refractivity contribution is -0.156. The van der Waals surface area contributed by atoms with E-state index in [1.54, 1.807) is 57.3 Å². The first kappa shape index (κ1) is 28.6. The number of hydrogen-bond donors (Lipinski definition) is 1. The van der Waals surface area contributed by atoms with Gasteiger partial charge in [-0.05, 0) is 63.1 Å². The highest BCUT2D eigenvalue weighted by atomic mass is 35.5. The van der Waals surface area contributed by atoms with E-state index in [-0.39, 0.29) is 18.0 Å². The Morgan fingerprint density at radius 3 is 2.49 bits per heavy atom. The van der Waals surface area contributed by atoms with E-state index in [4.69, 9.17) is 16.3 Å². The van der Waals surface area contributed by atoms with Crippen LogP contribution in [0, 0.1) is 17.0 Å². The maximum absolute atomic E-state index is 15.4. The molecule has 0 radical (unpaired) electrons. The van der Waals surface area contributed by atoms with Crippen LogP contribution in [0.1, 0.15) is 50.0 Å². The van der Waals surface area contributed by atoms with Gasteiger partial charge < -0.3 is 9.46 Å². The Bertz CT molecular complexity index is 1530. The number of nitrogens with zero attached hydrogens (tertiary/aromatic N) is 2. The van der Waals surface area contributed by atoms with E-state index in [0.29, 0.717) is 27.4 Å². The molecule has 6 nitrogen and oxygen atoms in total. The molecular weight excluding hydrogens is 544 g/mol. The lowest BCUT2D eigenvalue weighted by Crippen LogP contribution is -2.24. The van der Waals surface area contributed by atoms with Crippen LogP contribution in [-0.4, -0.2) is 27.1 Å². The molecule has 0 saturated heterocycles. The minimum absolute atomic E-state index is 0.0148.